The van der Waals surface area contributed by atoms with Gasteiger partial charge in [0, 0.05) is 48.1 Å². The van der Waals surface area contributed by atoms with Crippen LogP contribution in [0.3, 0.4) is 0 Å². The number of aryl methyl sites for hydroxylation is 1. The second-order valence-corrected chi connectivity index (χ2v) is 9.41. The summed E-state index contributed by atoms with van der Waals surface area (Å²) in [5.41, 5.74) is 3.11. The maximum Gasteiger partial charge on any atom is 0.407 e. The molecular weight excluding hydrogens is 448 g/mol. The highest BCUT2D eigenvalue weighted by atomic mass is 32.1. The minimum atomic E-state index is -0.987. The van der Waals surface area contributed by atoms with Gasteiger partial charge >= 0.3 is 6.09 Å². The number of carbonyl (C=O) groups is 1. The van der Waals surface area contributed by atoms with E-state index in [0.717, 1.165) is 22.8 Å². The van der Waals surface area contributed by atoms with Crippen LogP contribution in [0.2, 0.25) is 0 Å². The molecular formula is C25H26N6O2S. The summed E-state index contributed by atoms with van der Waals surface area (Å²) in [6.07, 6.45) is -0.840. The van der Waals surface area contributed by atoms with Crippen LogP contribution in [-0.2, 0) is 6.54 Å². The van der Waals surface area contributed by atoms with Crippen LogP contribution < -0.4 is 9.80 Å². The third-order valence-corrected chi connectivity index (χ3v) is 7.07. The molecule has 2 atom stereocenters. The fourth-order valence-corrected chi connectivity index (χ4v) is 5.58. The van der Waals surface area contributed by atoms with Crippen molar-refractivity contribution in [3.8, 4) is 6.07 Å². The van der Waals surface area contributed by atoms with Gasteiger partial charge in [-0.1, -0.05) is 36.4 Å². The average Bonchev–Trinajstić information content (AvgIpc) is 2.83. The highest BCUT2D eigenvalue weighted by Crippen LogP contribution is 2.40. The molecule has 3 aromatic rings. The summed E-state index contributed by atoms with van der Waals surface area (Å²) in [6.45, 7) is 4.52. The first-order chi connectivity index (χ1) is 16.5. The molecule has 0 saturated carbocycles. The average molecular weight is 475 g/mol. The Labute approximate surface area is 203 Å². The Kier molecular flexibility index (Phi) is 5.92. The quantitative estimate of drug-likeness (QED) is 0.554. The van der Waals surface area contributed by atoms with Crippen molar-refractivity contribution in [3.63, 3.8) is 0 Å². The van der Waals surface area contributed by atoms with Crippen LogP contribution in [0.15, 0.2) is 42.5 Å². The number of amides is 1. The smallest absolute Gasteiger partial charge is 0.407 e. The van der Waals surface area contributed by atoms with Gasteiger partial charge in [-0.05, 0) is 18.4 Å². The number of hydrogen-bond acceptors (Lipinski definition) is 7. The van der Waals surface area contributed by atoms with Gasteiger partial charge in [-0.15, -0.1) is 0 Å². The number of rotatable bonds is 3. The predicted octanol–water partition coefficient (Wildman–Crippen LogP) is 4.01. The maximum atomic E-state index is 11.6. The van der Waals surface area contributed by atoms with Gasteiger partial charge < -0.3 is 19.8 Å². The summed E-state index contributed by atoms with van der Waals surface area (Å²) < 4.78 is 0. The number of anilines is 2. The van der Waals surface area contributed by atoms with Crippen LogP contribution in [-0.4, -0.2) is 58.3 Å². The number of piperazine rings is 1. The molecule has 1 unspecified atom stereocenters. The lowest BCUT2D eigenvalue weighted by Gasteiger charge is -2.42. The number of nitrogens with zero attached hydrogens (tertiary/aromatic N) is 6. The topological polar surface area (TPSA) is 96.6 Å². The molecule has 5 rings (SSSR count). The van der Waals surface area contributed by atoms with E-state index >= 15 is 0 Å². The van der Waals surface area contributed by atoms with E-state index in [2.05, 4.69) is 52.3 Å². The zero-order valence-electron chi connectivity index (χ0n) is 18.9. The molecule has 1 N–H and O–H groups in total. The van der Waals surface area contributed by atoms with Gasteiger partial charge in [0.1, 0.15) is 11.6 Å². The molecule has 8 nitrogen and oxygen atoms in total. The molecule has 1 amide bonds. The molecule has 1 fully saturated rings. The van der Waals surface area contributed by atoms with Gasteiger partial charge in [0.15, 0.2) is 0 Å². The van der Waals surface area contributed by atoms with Crippen LogP contribution in [0.25, 0.3) is 10.8 Å². The summed E-state index contributed by atoms with van der Waals surface area (Å²) in [4.78, 5) is 27.0. The van der Waals surface area contributed by atoms with Crippen LogP contribution in [0, 0.1) is 18.3 Å². The normalized spacial score (nSPS) is 20.2. The zero-order chi connectivity index (χ0) is 23.8. The molecule has 3 heterocycles. The fourth-order valence-electron chi connectivity index (χ4n) is 5.12. The van der Waals surface area contributed by atoms with E-state index < -0.39 is 12.1 Å². The van der Waals surface area contributed by atoms with Crippen LogP contribution in [0.5, 0.6) is 0 Å². The first-order valence-corrected chi connectivity index (χ1v) is 11.9. The monoisotopic (exact) mass is 474 g/mol. The zero-order valence-corrected chi connectivity index (χ0v) is 19.8. The SMILES string of the molecule is Cc1nc2c(c(N3CCN(C(=O)O)[C@@H](CC#N)C3)n1)C(S)CN(c1cccc3ccccc13)C2. The van der Waals surface area contributed by atoms with Gasteiger partial charge in [0.05, 0.1) is 30.8 Å². The number of carboxylic acid groups (broad SMARTS) is 1. The van der Waals surface area contributed by atoms with Gasteiger partial charge in [-0.2, -0.15) is 17.9 Å². The molecule has 2 aromatic carbocycles. The third kappa shape index (κ3) is 3.99. The summed E-state index contributed by atoms with van der Waals surface area (Å²) in [6, 6.07) is 16.4. The minimum Gasteiger partial charge on any atom is -0.465 e. The lowest BCUT2D eigenvalue weighted by molar-refractivity contribution is 0.119. The molecule has 0 aliphatic carbocycles. The van der Waals surface area contributed by atoms with Crippen molar-refractivity contribution in [2.45, 2.75) is 31.2 Å². The number of hydrogen-bond donors (Lipinski definition) is 2. The highest BCUT2D eigenvalue weighted by Gasteiger charge is 2.35. The number of aromatic nitrogens is 2. The van der Waals surface area contributed by atoms with Gasteiger partial charge in [0.25, 0.3) is 0 Å². The van der Waals surface area contributed by atoms with E-state index in [-0.39, 0.29) is 11.7 Å². The predicted molar refractivity (Wildman–Crippen MR) is 134 cm³/mol. The van der Waals surface area contributed by atoms with Crippen molar-refractivity contribution in [2.75, 3.05) is 36.0 Å². The Morgan fingerprint density at radius 2 is 1.94 bits per heavy atom. The van der Waals surface area contributed by atoms with Gasteiger partial charge in [-0.3, -0.25) is 0 Å². The number of fused-ring (bicyclic) bond motifs is 2. The molecule has 9 heteroatoms. The van der Waals surface area contributed by atoms with E-state index in [1.807, 2.05) is 13.0 Å². The lowest BCUT2D eigenvalue weighted by atomic mass is 10.0. The van der Waals surface area contributed by atoms with E-state index in [4.69, 9.17) is 22.6 Å². The molecule has 0 bridgehead atoms. The first-order valence-electron chi connectivity index (χ1n) is 11.4. The largest absolute Gasteiger partial charge is 0.465 e. The molecule has 2 aliphatic heterocycles. The molecule has 2 aliphatic rings. The van der Waals surface area contributed by atoms with Crippen LogP contribution in [0.4, 0.5) is 16.3 Å². The van der Waals surface area contributed by atoms with E-state index in [0.29, 0.717) is 38.5 Å². The van der Waals surface area contributed by atoms with Crippen LogP contribution in [0.1, 0.15) is 28.8 Å². The molecule has 0 radical (unpaired) electrons. The molecule has 34 heavy (non-hydrogen) atoms. The third-order valence-electron chi connectivity index (χ3n) is 6.65. The van der Waals surface area contributed by atoms with Crippen LogP contribution >= 0.6 is 12.6 Å². The first kappa shape index (κ1) is 22.3. The summed E-state index contributed by atoms with van der Waals surface area (Å²) in [5.74, 6) is 1.49. The Balaban J connectivity index is 1.50. The van der Waals surface area contributed by atoms with Crippen molar-refractivity contribution in [2.24, 2.45) is 0 Å². The van der Waals surface area contributed by atoms with Gasteiger partial charge in [-0.25, -0.2) is 14.8 Å². The Morgan fingerprint density at radius 1 is 1.15 bits per heavy atom. The maximum absolute atomic E-state index is 11.6. The van der Waals surface area contributed by atoms with Crippen molar-refractivity contribution in [1.29, 1.82) is 5.26 Å². The fraction of sp³-hybridized carbons (Fsp3) is 0.360. The van der Waals surface area contributed by atoms with Crippen molar-refractivity contribution in [1.82, 2.24) is 14.9 Å². The van der Waals surface area contributed by atoms with E-state index in [1.54, 1.807) is 0 Å². The summed E-state index contributed by atoms with van der Waals surface area (Å²) in [5, 5.41) is 21.1. The molecule has 1 saturated heterocycles. The highest BCUT2D eigenvalue weighted by molar-refractivity contribution is 7.80. The van der Waals surface area contributed by atoms with Crippen molar-refractivity contribution in [3.05, 3.63) is 59.5 Å². The van der Waals surface area contributed by atoms with E-state index in [9.17, 15) is 15.2 Å². The Hall–Kier alpha value is -3.51. The van der Waals surface area contributed by atoms with Gasteiger partial charge in [0.2, 0.25) is 0 Å². The molecule has 0 spiro atoms. The lowest BCUT2D eigenvalue weighted by Crippen LogP contribution is -2.55. The summed E-state index contributed by atoms with van der Waals surface area (Å²) >= 11 is 4.98. The molecule has 1 aromatic heterocycles. The molecule has 174 valence electrons. The standard InChI is InChI=1S/C25H26N6O2S/c1-16-27-20-14-30(21-8-4-6-17-5-2-3-7-19(17)21)15-22(34)23(20)24(28-16)29-11-12-31(25(32)33)18(13-29)9-10-26/h2-8,18,22,34H,9,11-15H2,1H3,(H,32,33)/t18-,22?/m0/s1. The second-order valence-electron chi connectivity index (χ2n) is 8.79. The minimum absolute atomic E-state index is 0.106. The Morgan fingerprint density at radius 3 is 2.74 bits per heavy atom. The van der Waals surface area contributed by atoms with Crippen molar-refractivity contribution < 1.29 is 9.90 Å². The number of thiol groups is 1. The van der Waals surface area contributed by atoms with E-state index in [1.165, 1.54) is 15.7 Å². The summed E-state index contributed by atoms with van der Waals surface area (Å²) in [7, 11) is 0. The van der Waals surface area contributed by atoms with Crippen molar-refractivity contribution >= 4 is 41.0 Å². The number of nitriles is 1. The number of benzene rings is 2. The Bertz CT molecular complexity index is 1290. The second kappa shape index (κ2) is 9.03.